The van der Waals surface area contributed by atoms with E-state index in [-0.39, 0.29) is 5.69 Å². The molecule has 0 spiro atoms. The molecule has 0 aromatic heterocycles. The fourth-order valence-corrected chi connectivity index (χ4v) is 0.994. The average Bonchev–Trinajstić information content (AvgIpc) is 2.22. The number of hydrogen-bond acceptors (Lipinski definition) is 2. The lowest BCUT2D eigenvalue weighted by molar-refractivity contribution is -0.117. The minimum absolute atomic E-state index is 0.197. The molecule has 0 bridgehead atoms. The Hall–Kier alpha value is -1.49. The van der Waals surface area contributed by atoms with E-state index >= 15 is 0 Å². The Morgan fingerprint density at radius 1 is 1.47 bits per heavy atom. The molecule has 82 valence electrons. The Morgan fingerprint density at radius 2 is 2.13 bits per heavy atom. The summed E-state index contributed by atoms with van der Waals surface area (Å²) < 4.78 is 25.3. The van der Waals surface area contributed by atoms with E-state index in [9.17, 15) is 13.6 Å². The Kier molecular flexibility index (Phi) is 3.74. The number of halogens is 2. The van der Waals surface area contributed by atoms with Crippen molar-refractivity contribution >= 4 is 11.6 Å². The number of rotatable bonds is 3. The third-order valence-corrected chi connectivity index (χ3v) is 1.96. The van der Waals surface area contributed by atoms with Gasteiger partial charge in [0.1, 0.15) is 0 Å². The number of benzene rings is 1. The first kappa shape index (κ1) is 11.6. The van der Waals surface area contributed by atoms with Gasteiger partial charge in [-0.3, -0.25) is 4.79 Å². The van der Waals surface area contributed by atoms with Crippen LogP contribution in [0.15, 0.2) is 18.2 Å². The molecular weight excluding hydrogens is 202 g/mol. The highest BCUT2D eigenvalue weighted by Crippen LogP contribution is 2.13. The predicted molar refractivity (Wildman–Crippen MR) is 53.3 cm³/mol. The first-order valence-electron chi connectivity index (χ1n) is 4.56. The lowest BCUT2D eigenvalue weighted by atomic mass is 10.2. The molecule has 15 heavy (non-hydrogen) atoms. The highest BCUT2D eigenvalue weighted by atomic mass is 19.2. The fourth-order valence-electron chi connectivity index (χ4n) is 0.994. The summed E-state index contributed by atoms with van der Waals surface area (Å²) in [6, 6.07) is 2.50. The zero-order chi connectivity index (χ0) is 11.4. The van der Waals surface area contributed by atoms with Crippen molar-refractivity contribution in [2.24, 2.45) is 5.73 Å². The SMILES string of the molecule is CC[C@@H](N)C(=O)Nc1ccc(F)c(F)c1. The molecule has 0 radical (unpaired) electrons. The van der Waals surface area contributed by atoms with Crippen LogP contribution in [-0.4, -0.2) is 11.9 Å². The molecule has 0 saturated carbocycles. The van der Waals surface area contributed by atoms with E-state index in [4.69, 9.17) is 5.73 Å². The van der Waals surface area contributed by atoms with E-state index in [1.807, 2.05) is 0 Å². The molecule has 0 aliphatic rings. The minimum atomic E-state index is -1.00. The maximum Gasteiger partial charge on any atom is 0.241 e. The second-order valence-electron chi connectivity index (χ2n) is 3.13. The molecule has 1 aromatic rings. The van der Waals surface area contributed by atoms with Gasteiger partial charge in [-0.05, 0) is 18.6 Å². The Balaban J connectivity index is 2.73. The highest BCUT2D eigenvalue weighted by molar-refractivity contribution is 5.94. The van der Waals surface area contributed by atoms with Crippen LogP contribution in [0.5, 0.6) is 0 Å². The highest BCUT2D eigenvalue weighted by Gasteiger charge is 2.11. The van der Waals surface area contributed by atoms with Crippen LogP contribution in [0.1, 0.15) is 13.3 Å². The van der Waals surface area contributed by atoms with E-state index in [1.165, 1.54) is 6.07 Å². The maximum absolute atomic E-state index is 12.8. The van der Waals surface area contributed by atoms with E-state index in [0.29, 0.717) is 6.42 Å². The summed E-state index contributed by atoms with van der Waals surface area (Å²) >= 11 is 0. The van der Waals surface area contributed by atoms with Gasteiger partial charge in [0, 0.05) is 11.8 Å². The molecule has 0 unspecified atom stereocenters. The summed E-state index contributed by atoms with van der Waals surface area (Å²) in [6.45, 7) is 1.76. The van der Waals surface area contributed by atoms with Crippen molar-refractivity contribution in [1.29, 1.82) is 0 Å². The molecule has 1 atom stereocenters. The molecule has 1 amide bonds. The van der Waals surface area contributed by atoms with Crippen molar-refractivity contribution in [2.45, 2.75) is 19.4 Å². The maximum atomic E-state index is 12.8. The number of hydrogen-bond donors (Lipinski definition) is 2. The van der Waals surface area contributed by atoms with Gasteiger partial charge in [0.15, 0.2) is 11.6 Å². The smallest absolute Gasteiger partial charge is 0.241 e. The summed E-state index contributed by atoms with van der Waals surface area (Å²) in [4.78, 5) is 11.3. The summed E-state index contributed by atoms with van der Waals surface area (Å²) in [5.74, 6) is -2.37. The van der Waals surface area contributed by atoms with Crippen molar-refractivity contribution in [1.82, 2.24) is 0 Å². The van der Waals surface area contributed by atoms with Gasteiger partial charge >= 0.3 is 0 Å². The molecule has 3 N–H and O–H groups in total. The number of carbonyl (C=O) groups excluding carboxylic acids is 1. The molecule has 0 aliphatic carbocycles. The Morgan fingerprint density at radius 3 is 2.67 bits per heavy atom. The molecule has 3 nitrogen and oxygen atoms in total. The number of carbonyl (C=O) groups is 1. The van der Waals surface area contributed by atoms with E-state index in [0.717, 1.165) is 12.1 Å². The van der Waals surface area contributed by atoms with Crippen molar-refractivity contribution in [3.63, 3.8) is 0 Å². The Bertz CT molecular complexity index is 368. The number of anilines is 1. The minimum Gasteiger partial charge on any atom is -0.325 e. The van der Waals surface area contributed by atoms with Crippen LogP contribution in [0.2, 0.25) is 0 Å². The van der Waals surface area contributed by atoms with E-state index in [2.05, 4.69) is 5.32 Å². The number of nitrogens with one attached hydrogen (secondary N) is 1. The molecular formula is C10H12F2N2O. The summed E-state index contributed by atoms with van der Waals surface area (Å²) in [6.07, 6.45) is 0.482. The summed E-state index contributed by atoms with van der Waals surface area (Å²) in [7, 11) is 0. The first-order chi connectivity index (χ1) is 7.04. The van der Waals surface area contributed by atoms with Crippen molar-refractivity contribution < 1.29 is 13.6 Å². The van der Waals surface area contributed by atoms with Gasteiger partial charge in [0.05, 0.1) is 6.04 Å². The average molecular weight is 214 g/mol. The first-order valence-corrected chi connectivity index (χ1v) is 4.56. The van der Waals surface area contributed by atoms with Crippen molar-refractivity contribution in [3.05, 3.63) is 29.8 Å². The quantitative estimate of drug-likeness (QED) is 0.803. The molecule has 0 saturated heterocycles. The lowest BCUT2D eigenvalue weighted by Crippen LogP contribution is -2.34. The molecule has 1 aromatic carbocycles. The van der Waals surface area contributed by atoms with E-state index < -0.39 is 23.6 Å². The van der Waals surface area contributed by atoms with Crippen LogP contribution in [0.25, 0.3) is 0 Å². The molecule has 0 fully saturated rings. The van der Waals surface area contributed by atoms with Crippen LogP contribution >= 0.6 is 0 Å². The second-order valence-corrected chi connectivity index (χ2v) is 3.13. The van der Waals surface area contributed by atoms with Crippen LogP contribution < -0.4 is 11.1 Å². The van der Waals surface area contributed by atoms with Gasteiger partial charge in [-0.1, -0.05) is 6.92 Å². The van der Waals surface area contributed by atoms with Crippen LogP contribution in [0, 0.1) is 11.6 Å². The van der Waals surface area contributed by atoms with Crippen molar-refractivity contribution in [2.75, 3.05) is 5.32 Å². The van der Waals surface area contributed by atoms with Crippen LogP contribution in [0.3, 0.4) is 0 Å². The fraction of sp³-hybridized carbons (Fsp3) is 0.300. The third kappa shape index (κ3) is 2.99. The van der Waals surface area contributed by atoms with Gasteiger partial charge in [-0.2, -0.15) is 0 Å². The second kappa shape index (κ2) is 4.84. The summed E-state index contributed by atoms with van der Waals surface area (Å²) in [5, 5.41) is 2.39. The van der Waals surface area contributed by atoms with Gasteiger partial charge in [-0.15, -0.1) is 0 Å². The molecule has 5 heteroatoms. The normalized spacial score (nSPS) is 12.3. The van der Waals surface area contributed by atoms with Gasteiger partial charge < -0.3 is 11.1 Å². The van der Waals surface area contributed by atoms with Crippen molar-refractivity contribution in [3.8, 4) is 0 Å². The zero-order valence-electron chi connectivity index (χ0n) is 8.26. The van der Waals surface area contributed by atoms with Gasteiger partial charge in [0.2, 0.25) is 5.91 Å². The van der Waals surface area contributed by atoms with Gasteiger partial charge in [0.25, 0.3) is 0 Å². The van der Waals surface area contributed by atoms with E-state index in [1.54, 1.807) is 6.92 Å². The third-order valence-electron chi connectivity index (χ3n) is 1.96. The molecule has 0 aliphatic heterocycles. The van der Waals surface area contributed by atoms with Gasteiger partial charge in [-0.25, -0.2) is 8.78 Å². The predicted octanol–water partition coefficient (Wildman–Crippen LogP) is 1.64. The standard InChI is InChI=1S/C10H12F2N2O/c1-2-9(13)10(15)14-6-3-4-7(11)8(12)5-6/h3-5,9H,2,13H2,1H3,(H,14,15)/t9-/m1/s1. The molecule has 1 rings (SSSR count). The number of amides is 1. The molecule has 0 heterocycles. The van der Waals surface area contributed by atoms with Crippen LogP contribution in [-0.2, 0) is 4.79 Å². The number of nitrogens with two attached hydrogens (primary N) is 1. The lowest BCUT2D eigenvalue weighted by Gasteiger charge is -2.09. The van der Waals surface area contributed by atoms with Crippen LogP contribution in [0.4, 0.5) is 14.5 Å². The zero-order valence-corrected chi connectivity index (χ0v) is 8.26. The summed E-state index contributed by atoms with van der Waals surface area (Å²) in [5.41, 5.74) is 5.65. The Labute approximate surface area is 86.3 Å². The monoisotopic (exact) mass is 214 g/mol. The largest absolute Gasteiger partial charge is 0.325 e. The topological polar surface area (TPSA) is 55.1 Å².